The van der Waals surface area contributed by atoms with Crippen LogP contribution in [0.3, 0.4) is 0 Å². The second-order valence-electron chi connectivity index (χ2n) is 19.5. The van der Waals surface area contributed by atoms with Crippen molar-refractivity contribution < 1.29 is 29.3 Å². The van der Waals surface area contributed by atoms with Crippen molar-refractivity contribution in [1.29, 1.82) is 0 Å². The summed E-state index contributed by atoms with van der Waals surface area (Å²) >= 11 is 0. The maximum Gasteiger partial charge on any atom is 0.337 e. The van der Waals surface area contributed by atoms with Crippen LogP contribution < -0.4 is 10.6 Å². The molecule has 0 saturated heterocycles. The summed E-state index contributed by atoms with van der Waals surface area (Å²) in [7, 11) is 1.74. The second kappa shape index (κ2) is 15.7. The first-order chi connectivity index (χ1) is 26.6. The molecule has 2 aromatic rings. The number of carbonyl (C=O) groups is 3. The highest BCUT2D eigenvalue weighted by atomic mass is 16.5. The number of amides is 2. The molecule has 1 aromatic carbocycles. The van der Waals surface area contributed by atoms with E-state index in [0.717, 1.165) is 56.1 Å². The molecule has 2 amide bonds. The molecule has 7 rings (SSSR count). The van der Waals surface area contributed by atoms with Crippen molar-refractivity contribution >= 4 is 17.8 Å². The number of hydrogen-bond donors (Lipinski definition) is 4. The zero-order valence-corrected chi connectivity index (χ0v) is 34.4. The molecule has 5 aliphatic rings. The molecular formula is C47H65N3O6. The van der Waals surface area contributed by atoms with Gasteiger partial charge in [0.05, 0.1) is 35.9 Å². The van der Waals surface area contributed by atoms with E-state index in [0.29, 0.717) is 66.3 Å². The van der Waals surface area contributed by atoms with Crippen LogP contribution in [0.1, 0.15) is 130 Å². The first-order valence-corrected chi connectivity index (χ1v) is 21.3. The highest BCUT2D eigenvalue weighted by Gasteiger charge is 2.68. The molecule has 1 heterocycles. The van der Waals surface area contributed by atoms with Crippen molar-refractivity contribution in [2.75, 3.05) is 20.3 Å². The first kappa shape index (κ1) is 40.6. The molecule has 0 aliphatic heterocycles. The van der Waals surface area contributed by atoms with Gasteiger partial charge in [0.1, 0.15) is 0 Å². The van der Waals surface area contributed by atoms with Crippen LogP contribution in [0.15, 0.2) is 54.7 Å². The highest BCUT2D eigenvalue weighted by Crippen LogP contribution is 2.73. The topological polar surface area (TPSA) is 138 Å². The van der Waals surface area contributed by atoms with Crippen LogP contribution >= 0.6 is 0 Å². The summed E-state index contributed by atoms with van der Waals surface area (Å²) in [5.41, 5.74) is 3.35. The number of aliphatic hydroxyl groups is 1. The van der Waals surface area contributed by atoms with Gasteiger partial charge >= 0.3 is 5.97 Å². The van der Waals surface area contributed by atoms with E-state index in [1.54, 1.807) is 19.2 Å². The molecule has 0 bridgehead atoms. The average Bonchev–Trinajstić information content (AvgIpc) is 3.55. The summed E-state index contributed by atoms with van der Waals surface area (Å²) in [6, 6.07) is 10.6. The van der Waals surface area contributed by atoms with Gasteiger partial charge in [0.2, 0.25) is 5.91 Å². The zero-order chi connectivity index (χ0) is 40.0. The number of rotatable bonds is 12. The number of nitrogens with one attached hydrogen (secondary N) is 2. The normalized spacial score (nSPS) is 35.6. The summed E-state index contributed by atoms with van der Waals surface area (Å²) in [5.74, 6) is 1.98. The van der Waals surface area contributed by atoms with Gasteiger partial charge in [-0.3, -0.25) is 14.6 Å². The minimum atomic E-state index is -1.04. The fourth-order valence-electron chi connectivity index (χ4n) is 13.9. The Balaban J connectivity index is 1.04. The number of carbonyl (C=O) groups excluding carboxylic acids is 2. The van der Waals surface area contributed by atoms with E-state index in [2.05, 4.69) is 49.9 Å². The maximum atomic E-state index is 14.7. The highest BCUT2D eigenvalue weighted by molar-refractivity contribution is 5.94. The van der Waals surface area contributed by atoms with E-state index >= 15 is 0 Å². The number of benzene rings is 1. The largest absolute Gasteiger partial charge is 0.478 e. The van der Waals surface area contributed by atoms with Gasteiger partial charge in [0.15, 0.2) is 0 Å². The summed E-state index contributed by atoms with van der Waals surface area (Å²) in [4.78, 5) is 43.0. The molecular weight excluding hydrogens is 703 g/mol. The molecule has 56 heavy (non-hydrogen) atoms. The molecule has 5 aliphatic carbocycles. The Morgan fingerprint density at radius 3 is 2.39 bits per heavy atom. The third-order valence-corrected chi connectivity index (χ3v) is 16.4. The molecule has 1 aromatic heterocycles. The number of carboxylic acids is 1. The predicted molar refractivity (Wildman–Crippen MR) is 217 cm³/mol. The quantitative estimate of drug-likeness (QED) is 0.161. The van der Waals surface area contributed by atoms with E-state index < -0.39 is 5.97 Å². The minimum Gasteiger partial charge on any atom is -0.478 e. The van der Waals surface area contributed by atoms with Crippen molar-refractivity contribution in [2.24, 2.45) is 57.2 Å². The summed E-state index contributed by atoms with van der Waals surface area (Å²) in [5, 5.41) is 26.5. The monoisotopic (exact) mass is 767 g/mol. The van der Waals surface area contributed by atoms with Crippen molar-refractivity contribution in [2.45, 2.75) is 117 Å². The Bertz CT molecular complexity index is 1810. The van der Waals surface area contributed by atoms with Crippen molar-refractivity contribution in [3.05, 3.63) is 77.1 Å². The first-order valence-electron chi connectivity index (χ1n) is 21.3. The average molecular weight is 768 g/mol. The fraction of sp³-hybridized carbons (Fsp3) is 0.660. The predicted octanol–water partition coefficient (Wildman–Crippen LogP) is 8.01. The molecule has 5 fully saturated rings. The van der Waals surface area contributed by atoms with Crippen LogP contribution in [-0.2, 0) is 22.5 Å². The van der Waals surface area contributed by atoms with Crippen molar-refractivity contribution in [1.82, 2.24) is 15.6 Å². The van der Waals surface area contributed by atoms with E-state index in [-0.39, 0.29) is 51.7 Å². The van der Waals surface area contributed by atoms with Crippen LogP contribution in [0, 0.1) is 57.2 Å². The summed E-state index contributed by atoms with van der Waals surface area (Å²) in [6.45, 7) is 15.5. The third kappa shape index (κ3) is 7.14. The number of fused-ring (bicyclic) bond motifs is 7. The number of hydrogen-bond acceptors (Lipinski definition) is 6. The maximum absolute atomic E-state index is 14.7. The van der Waals surface area contributed by atoms with Crippen LogP contribution in [0.5, 0.6) is 0 Å². The Morgan fingerprint density at radius 1 is 0.893 bits per heavy atom. The summed E-state index contributed by atoms with van der Waals surface area (Å²) < 4.78 is 5.52. The van der Waals surface area contributed by atoms with Gasteiger partial charge in [0.25, 0.3) is 5.91 Å². The molecule has 9 nitrogen and oxygen atoms in total. The molecule has 0 spiro atoms. The second-order valence-corrected chi connectivity index (χ2v) is 19.5. The van der Waals surface area contributed by atoms with Crippen LogP contribution in [0.25, 0.3) is 0 Å². The Hall–Kier alpha value is -3.56. The SMILES string of the molecule is C=C(COC)CC1CCC2(C(=O)NCCc3cccc(C(=O)NCc4ccc(C(=O)O)cn4)c3)CCC3C(CCC4C3(C)CCC3C(C)(C)C(O)CCC34C)C12. The number of nitrogens with zero attached hydrogens (tertiary/aromatic N) is 1. The number of ether oxygens (including phenoxy) is 1. The molecule has 9 heteroatoms. The fourth-order valence-corrected chi connectivity index (χ4v) is 13.9. The van der Waals surface area contributed by atoms with E-state index in [1.165, 1.54) is 37.9 Å². The number of aromatic carboxylic acids is 1. The molecule has 0 radical (unpaired) electrons. The molecule has 10 atom stereocenters. The number of pyridine rings is 1. The Morgan fingerprint density at radius 2 is 1.66 bits per heavy atom. The van der Waals surface area contributed by atoms with Gasteiger partial charge in [-0.1, -0.05) is 52.0 Å². The standard InChI is InChI=1S/C47H65N3O6/c1-29(28-56-6)24-31-14-21-47(43(55)48-23-18-30-8-7-9-32(25-30)41(52)50-27-34-11-10-33(26-49-34)42(53)54)22-15-36-35(40(31)47)12-13-38-45(36,4)19-16-37-44(2,3)39(51)17-20-46(37,38)5/h7-11,25-26,31,35-40,51H,1,12-24,27-28H2,2-6H3,(H,48,55)(H,50,52)(H,53,54). The van der Waals surface area contributed by atoms with Gasteiger partial charge in [0, 0.05) is 25.4 Å². The third-order valence-electron chi connectivity index (χ3n) is 16.4. The van der Waals surface area contributed by atoms with Gasteiger partial charge in [-0.25, -0.2) is 4.79 Å². The van der Waals surface area contributed by atoms with Gasteiger partial charge in [-0.2, -0.15) is 0 Å². The summed E-state index contributed by atoms with van der Waals surface area (Å²) in [6.07, 6.45) is 13.4. The smallest absolute Gasteiger partial charge is 0.337 e. The molecule has 4 N–H and O–H groups in total. The van der Waals surface area contributed by atoms with Gasteiger partial charge in [-0.05, 0) is 159 Å². The van der Waals surface area contributed by atoms with E-state index in [4.69, 9.17) is 9.84 Å². The van der Waals surface area contributed by atoms with Crippen molar-refractivity contribution in [3.63, 3.8) is 0 Å². The number of methoxy groups -OCH3 is 1. The van der Waals surface area contributed by atoms with E-state index in [9.17, 15) is 19.5 Å². The van der Waals surface area contributed by atoms with Crippen LogP contribution in [0.4, 0.5) is 0 Å². The van der Waals surface area contributed by atoms with Crippen LogP contribution in [-0.4, -0.2) is 59.3 Å². The molecule has 304 valence electrons. The van der Waals surface area contributed by atoms with Gasteiger partial charge in [-0.15, -0.1) is 0 Å². The van der Waals surface area contributed by atoms with Gasteiger partial charge < -0.3 is 25.6 Å². The minimum absolute atomic E-state index is 0.0615. The lowest BCUT2D eigenvalue weighted by Gasteiger charge is -2.69. The number of carboxylic acid groups (broad SMARTS) is 1. The lowest BCUT2D eigenvalue weighted by molar-refractivity contribution is -0.216. The zero-order valence-electron chi connectivity index (χ0n) is 34.4. The lowest BCUT2D eigenvalue weighted by atomic mass is 9.36. The lowest BCUT2D eigenvalue weighted by Crippen LogP contribution is -2.64. The molecule has 5 saturated carbocycles. The van der Waals surface area contributed by atoms with E-state index in [1.807, 2.05) is 18.2 Å². The number of aromatic nitrogens is 1. The van der Waals surface area contributed by atoms with Crippen molar-refractivity contribution in [3.8, 4) is 0 Å². The molecule has 10 unspecified atom stereocenters. The van der Waals surface area contributed by atoms with Crippen LogP contribution in [0.2, 0.25) is 0 Å². The number of aliphatic hydroxyl groups excluding tert-OH is 1. The Labute approximate surface area is 333 Å². The Kier molecular flexibility index (Phi) is 11.4.